The lowest BCUT2D eigenvalue weighted by molar-refractivity contribution is 0.0955. The van der Waals surface area contributed by atoms with E-state index in [1.54, 1.807) is 6.20 Å². The zero-order valence-electron chi connectivity index (χ0n) is 13.7. The Bertz CT molecular complexity index is 1180. The number of H-pyrrole nitrogens is 2. The number of aromatic amines is 2. The van der Waals surface area contributed by atoms with E-state index < -0.39 is 5.82 Å². The van der Waals surface area contributed by atoms with Gasteiger partial charge in [-0.1, -0.05) is 24.3 Å². The van der Waals surface area contributed by atoms with Crippen molar-refractivity contribution in [1.29, 1.82) is 0 Å². The summed E-state index contributed by atoms with van der Waals surface area (Å²) in [6.07, 6.45) is 2.38. The first-order chi connectivity index (χ1) is 12.6. The van der Waals surface area contributed by atoms with Crippen LogP contribution in [0.25, 0.3) is 21.9 Å². The predicted molar refractivity (Wildman–Crippen MR) is 101 cm³/mol. The van der Waals surface area contributed by atoms with E-state index in [9.17, 15) is 9.18 Å². The number of nitrogens with zero attached hydrogens (tertiary/aromatic N) is 1. The zero-order valence-corrected chi connectivity index (χ0v) is 14.5. The first kappa shape index (κ1) is 16.4. The average molecular weight is 366 g/mol. The third kappa shape index (κ3) is 3.09. The van der Waals surface area contributed by atoms with Crippen LogP contribution in [0.5, 0.6) is 0 Å². The molecule has 5 nitrogen and oxygen atoms in total. The molecule has 130 valence electrons. The highest BCUT2D eigenvalue weighted by atomic mass is 32.1. The van der Waals surface area contributed by atoms with Gasteiger partial charge in [0.15, 0.2) is 4.77 Å². The van der Waals surface area contributed by atoms with Crippen LogP contribution in [0, 0.1) is 10.6 Å². The molecule has 0 spiro atoms. The Morgan fingerprint density at radius 3 is 2.92 bits per heavy atom. The molecule has 0 saturated carbocycles. The molecule has 2 heterocycles. The van der Waals surface area contributed by atoms with Gasteiger partial charge in [0.05, 0.1) is 22.1 Å². The lowest BCUT2D eigenvalue weighted by Crippen LogP contribution is -2.26. The Balaban J connectivity index is 1.53. The van der Waals surface area contributed by atoms with Crippen molar-refractivity contribution in [3.63, 3.8) is 0 Å². The largest absolute Gasteiger partial charge is 0.352 e. The molecule has 26 heavy (non-hydrogen) atoms. The molecular weight excluding hydrogens is 351 g/mol. The van der Waals surface area contributed by atoms with Crippen LogP contribution >= 0.6 is 12.2 Å². The van der Waals surface area contributed by atoms with E-state index in [0.717, 1.165) is 16.5 Å². The molecule has 2 aromatic carbocycles. The van der Waals surface area contributed by atoms with Gasteiger partial charge in [-0.15, -0.1) is 0 Å². The number of carbonyl (C=O) groups is 1. The van der Waals surface area contributed by atoms with Crippen LogP contribution < -0.4 is 5.32 Å². The van der Waals surface area contributed by atoms with Crippen molar-refractivity contribution in [3.05, 3.63) is 70.4 Å². The average Bonchev–Trinajstić information content (AvgIpc) is 3.01. The third-order valence-corrected chi connectivity index (χ3v) is 4.43. The molecule has 0 aliphatic rings. The number of rotatable bonds is 4. The second-order valence-electron chi connectivity index (χ2n) is 5.95. The minimum absolute atomic E-state index is 0.225. The van der Waals surface area contributed by atoms with Crippen molar-refractivity contribution in [3.8, 4) is 0 Å². The number of pyridine rings is 1. The normalized spacial score (nSPS) is 11.1. The van der Waals surface area contributed by atoms with E-state index in [1.165, 1.54) is 12.1 Å². The smallest absolute Gasteiger partial charge is 0.253 e. The van der Waals surface area contributed by atoms with Crippen LogP contribution in [0.2, 0.25) is 0 Å². The summed E-state index contributed by atoms with van der Waals surface area (Å²) in [5, 5.41) is 3.90. The minimum atomic E-state index is -0.494. The van der Waals surface area contributed by atoms with Crippen molar-refractivity contribution < 1.29 is 9.18 Å². The monoisotopic (exact) mass is 366 g/mol. The van der Waals surface area contributed by atoms with E-state index in [1.807, 2.05) is 30.3 Å². The van der Waals surface area contributed by atoms with Gasteiger partial charge in [0.25, 0.3) is 5.91 Å². The summed E-state index contributed by atoms with van der Waals surface area (Å²) in [5.41, 5.74) is 3.17. The summed E-state index contributed by atoms with van der Waals surface area (Å²) in [5.74, 6) is -0.848. The topological polar surface area (TPSA) is 73.6 Å². The van der Waals surface area contributed by atoms with Crippen LogP contribution in [0.3, 0.4) is 0 Å². The molecule has 1 amide bonds. The van der Waals surface area contributed by atoms with Crippen molar-refractivity contribution in [2.45, 2.75) is 6.42 Å². The van der Waals surface area contributed by atoms with Crippen LogP contribution in [0.15, 0.2) is 48.7 Å². The van der Waals surface area contributed by atoms with E-state index in [-0.39, 0.29) is 11.5 Å². The number of aromatic nitrogens is 3. The summed E-state index contributed by atoms with van der Waals surface area (Å²) in [4.78, 5) is 22.6. The summed E-state index contributed by atoms with van der Waals surface area (Å²) < 4.78 is 14.1. The number of imidazole rings is 1. The van der Waals surface area contributed by atoms with E-state index in [4.69, 9.17) is 12.2 Å². The number of amides is 1. The van der Waals surface area contributed by atoms with Crippen molar-refractivity contribution in [2.24, 2.45) is 0 Å². The second-order valence-corrected chi connectivity index (χ2v) is 6.36. The molecule has 3 N–H and O–H groups in total. The maximum Gasteiger partial charge on any atom is 0.253 e. The Morgan fingerprint density at radius 2 is 2.04 bits per heavy atom. The highest BCUT2D eigenvalue weighted by Crippen LogP contribution is 2.18. The molecule has 7 heteroatoms. The molecule has 0 radical (unpaired) electrons. The van der Waals surface area contributed by atoms with Gasteiger partial charge >= 0.3 is 0 Å². The molecule has 0 bridgehead atoms. The maximum atomic E-state index is 13.8. The van der Waals surface area contributed by atoms with E-state index >= 15 is 0 Å². The molecule has 0 fully saturated rings. The fraction of sp³-hybridized carbons (Fsp3) is 0.105. The molecular formula is C19H15FN4OS. The lowest BCUT2D eigenvalue weighted by atomic mass is 10.1. The Kier molecular flexibility index (Phi) is 4.22. The molecule has 0 atom stereocenters. The Hall–Kier alpha value is -3.06. The maximum absolute atomic E-state index is 13.8. The molecule has 4 aromatic rings. The van der Waals surface area contributed by atoms with E-state index in [2.05, 4.69) is 20.3 Å². The number of halogens is 1. The fourth-order valence-electron chi connectivity index (χ4n) is 3.06. The Morgan fingerprint density at radius 1 is 1.19 bits per heavy atom. The summed E-state index contributed by atoms with van der Waals surface area (Å²) >= 11 is 5.03. The summed E-state index contributed by atoms with van der Waals surface area (Å²) in [7, 11) is 0. The molecule has 4 rings (SSSR count). The number of nitrogens with one attached hydrogen (secondary N) is 3. The number of benzene rings is 2. The first-order valence-corrected chi connectivity index (χ1v) is 8.55. The molecule has 0 unspecified atom stereocenters. The number of fused-ring (bicyclic) bond motifs is 2. The van der Waals surface area contributed by atoms with Crippen molar-refractivity contribution in [2.75, 3.05) is 6.54 Å². The molecule has 2 aromatic heterocycles. The van der Waals surface area contributed by atoms with Gasteiger partial charge in [0.1, 0.15) is 5.82 Å². The van der Waals surface area contributed by atoms with Gasteiger partial charge in [-0.2, -0.15) is 0 Å². The quantitative estimate of drug-likeness (QED) is 0.480. The minimum Gasteiger partial charge on any atom is -0.352 e. The number of hydrogen-bond acceptors (Lipinski definition) is 3. The number of carbonyl (C=O) groups excluding carboxylic acids is 1. The van der Waals surface area contributed by atoms with Crippen LogP contribution in [-0.4, -0.2) is 27.4 Å². The molecule has 0 saturated heterocycles. The second kappa shape index (κ2) is 6.68. The first-order valence-electron chi connectivity index (χ1n) is 8.14. The van der Waals surface area contributed by atoms with Gasteiger partial charge in [0, 0.05) is 18.1 Å². The number of para-hydroxylation sites is 1. The molecule has 0 aliphatic heterocycles. The zero-order chi connectivity index (χ0) is 18.1. The van der Waals surface area contributed by atoms with Crippen molar-refractivity contribution >= 4 is 40.1 Å². The molecule has 0 aliphatic carbocycles. The highest BCUT2D eigenvalue weighted by molar-refractivity contribution is 7.71. The fourth-order valence-corrected chi connectivity index (χ4v) is 3.27. The van der Waals surface area contributed by atoms with Crippen LogP contribution in [0.4, 0.5) is 4.39 Å². The Labute approximate surface area is 153 Å². The van der Waals surface area contributed by atoms with Gasteiger partial charge in [-0.05, 0) is 42.4 Å². The summed E-state index contributed by atoms with van der Waals surface area (Å²) in [6.45, 7) is 0.414. The van der Waals surface area contributed by atoms with Gasteiger partial charge in [0.2, 0.25) is 0 Å². The third-order valence-electron chi connectivity index (χ3n) is 4.23. The van der Waals surface area contributed by atoms with Crippen LogP contribution in [0.1, 0.15) is 15.9 Å². The number of hydrogen-bond donors (Lipinski definition) is 3. The standard InChI is InChI=1S/C19H15FN4OS/c20-13-9-14(17-15(10-13)23-19(26)24-17)18(25)22-8-6-12-4-1-3-11-5-2-7-21-16(11)12/h1-5,7,9-10H,6,8H2,(H,22,25)(H2,23,24,26). The highest BCUT2D eigenvalue weighted by Gasteiger charge is 2.14. The van der Waals surface area contributed by atoms with E-state index in [0.29, 0.717) is 28.8 Å². The van der Waals surface area contributed by atoms with Gasteiger partial charge in [-0.25, -0.2) is 4.39 Å². The summed E-state index contributed by atoms with van der Waals surface area (Å²) in [6, 6.07) is 12.4. The SMILES string of the molecule is O=C(NCCc1cccc2cccnc12)c1cc(F)cc2[nH]c(=S)[nH]c12. The van der Waals surface area contributed by atoms with Crippen LogP contribution in [-0.2, 0) is 6.42 Å². The van der Waals surface area contributed by atoms with Crippen molar-refractivity contribution in [1.82, 2.24) is 20.3 Å². The lowest BCUT2D eigenvalue weighted by Gasteiger charge is -2.08. The van der Waals surface area contributed by atoms with Gasteiger partial charge < -0.3 is 15.3 Å². The predicted octanol–water partition coefficient (Wildman–Crippen LogP) is 3.89. The van der Waals surface area contributed by atoms with Gasteiger partial charge in [-0.3, -0.25) is 9.78 Å².